The van der Waals surface area contributed by atoms with Gasteiger partial charge in [0, 0.05) is 12.1 Å². The molecule has 1 amide bonds. The molecule has 0 atom stereocenters. The largest absolute Gasteiger partial charge is 0.443 e. The van der Waals surface area contributed by atoms with E-state index in [1.165, 1.54) is 0 Å². The SMILES string of the molecule is C#Cc1ccc2c(c1)CCN2C(=O)OC(C)(C)C. The van der Waals surface area contributed by atoms with Crippen LogP contribution in [-0.2, 0) is 11.2 Å². The molecule has 0 spiro atoms. The number of hydrogen-bond acceptors (Lipinski definition) is 2. The van der Waals surface area contributed by atoms with Crippen LogP contribution in [0.25, 0.3) is 0 Å². The van der Waals surface area contributed by atoms with E-state index in [-0.39, 0.29) is 6.09 Å². The summed E-state index contributed by atoms with van der Waals surface area (Å²) in [5.41, 5.74) is 2.39. The molecule has 1 aliphatic heterocycles. The van der Waals surface area contributed by atoms with Crippen LogP contribution in [0.1, 0.15) is 31.9 Å². The third-order valence-electron chi connectivity index (χ3n) is 2.76. The molecule has 0 N–H and O–H groups in total. The summed E-state index contributed by atoms with van der Waals surface area (Å²) in [6.07, 6.45) is 5.89. The number of rotatable bonds is 0. The highest BCUT2D eigenvalue weighted by Crippen LogP contribution is 2.30. The number of carbonyl (C=O) groups excluding carboxylic acids is 1. The van der Waals surface area contributed by atoms with Gasteiger partial charge in [-0.1, -0.05) is 5.92 Å². The zero-order chi connectivity index (χ0) is 13.3. The molecule has 0 fully saturated rings. The average Bonchev–Trinajstić information content (AvgIpc) is 2.69. The summed E-state index contributed by atoms with van der Waals surface area (Å²) in [5.74, 6) is 2.60. The van der Waals surface area contributed by atoms with Crippen molar-refractivity contribution in [2.45, 2.75) is 32.8 Å². The highest BCUT2D eigenvalue weighted by Gasteiger charge is 2.28. The van der Waals surface area contributed by atoms with Gasteiger partial charge in [0.15, 0.2) is 0 Å². The van der Waals surface area contributed by atoms with Crippen LogP contribution in [-0.4, -0.2) is 18.2 Å². The molecular formula is C15H17NO2. The number of ether oxygens (including phenoxy) is 1. The molecule has 0 saturated carbocycles. The van der Waals surface area contributed by atoms with Crippen molar-refractivity contribution in [2.24, 2.45) is 0 Å². The Bertz CT molecular complexity index is 520. The number of hydrogen-bond donors (Lipinski definition) is 0. The predicted octanol–water partition coefficient (Wildman–Crippen LogP) is 2.97. The molecule has 0 aromatic heterocycles. The lowest BCUT2D eigenvalue weighted by atomic mass is 10.1. The molecule has 0 unspecified atom stereocenters. The van der Waals surface area contributed by atoms with E-state index in [0.29, 0.717) is 6.54 Å². The number of carbonyl (C=O) groups is 1. The summed E-state index contributed by atoms with van der Waals surface area (Å²) in [6, 6.07) is 5.70. The summed E-state index contributed by atoms with van der Waals surface area (Å²) in [6.45, 7) is 6.24. The van der Waals surface area contributed by atoms with Crippen molar-refractivity contribution in [3.8, 4) is 12.3 Å². The first-order valence-corrected chi connectivity index (χ1v) is 6.01. The van der Waals surface area contributed by atoms with E-state index >= 15 is 0 Å². The number of fused-ring (bicyclic) bond motifs is 1. The van der Waals surface area contributed by atoms with E-state index < -0.39 is 5.60 Å². The van der Waals surface area contributed by atoms with Crippen LogP contribution in [0.15, 0.2) is 18.2 Å². The van der Waals surface area contributed by atoms with Gasteiger partial charge < -0.3 is 4.74 Å². The van der Waals surface area contributed by atoms with Crippen LogP contribution in [0.2, 0.25) is 0 Å². The topological polar surface area (TPSA) is 29.5 Å². The normalized spacial score (nSPS) is 14.0. The molecular weight excluding hydrogens is 226 g/mol. The van der Waals surface area contributed by atoms with Crippen molar-refractivity contribution in [1.82, 2.24) is 0 Å². The molecule has 1 aromatic carbocycles. The van der Waals surface area contributed by atoms with Crippen molar-refractivity contribution < 1.29 is 9.53 Å². The van der Waals surface area contributed by atoms with Gasteiger partial charge >= 0.3 is 6.09 Å². The van der Waals surface area contributed by atoms with Gasteiger partial charge in [0.05, 0.1) is 5.69 Å². The van der Waals surface area contributed by atoms with Crippen LogP contribution in [0.4, 0.5) is 10.5 Å². The van der Waals surface area contributed by atoms with Crippen molar-refractivity contribution in [3.63, 3.8) is 0 Å². The Morgan fingerprint density at radius 3 is 2.78 bits per heavy atom. The minimum absolute atomic E-state index is 0.297. The minimum Gasteiger partial charge on any atom is -0.443 e. The number of nitrogens with zero attached hydrogens (tertiary/aromatic N) is 1. The van der Waals surface area contributed by atoms with Crippen LogP contribution < -0.4 is 4.90 Å². The minimum atomic E-state index is -0.474. The molecule has 3 heteroatoms. The van der Waals surface area contributed by atoms with Crippen molar-refractivity contribution in [1.29, 1.82) is 0 Å². The quantitative estimate of drug-likeness (QED) is 0.656. The maximum Gasteiger partial charge on any atom is 0.414 e. The van der Waals surface area contributed by atoms with Gasteiger partial charge in [-0.2, -0.15) is 0 Å². The summed E-state index contributed by atoms with van der Waals surface area (Å²) in [5, 5.41) is 0. The Balaban J connectivity index is 2.22. The second-order valence-corrected chi connectivity index (χ2v) is 5.37. The third kappa shape index (κ3) is 2.48. The maximum absolute atomic E-state index is 12.0. The monoisotopic (exact) mass is 243 g/mol. The number of amides is 1. The molecule has 1 heterocycles. The first-order chi connectivity index (χ1) is 8.40. The first-order valence-electron chi connectivity index (χ1n) is 6.01. The van der Waals surface area contributed by atoms with Gasteiger partial charge in [-0.25, -0.2) is 4.79 Å². The van der Waals surface area contributed by atoms with Gasteiger partial charge in [0.1, 0.15) is 5.60 Å². The lowest BCUT2D eigenvalue weighted by Crippen LogP contribution is -2.35. The van der Waals surface area contributed by atoms with Crippen LogP contribution in [0.5, 0.6) is 0 Å². The van der Waals surface area contributed by atoms with Crippen LogP contribution >= 0.6 is 0 Å². The zero-order valence-electron chi connectivity index (χ0n) is 11.0. The van der Waals surface area contributed by atoms with E-state index in [4.69, 9.17) is 11.2 Å². The molecule has 1 aromatic rings. The zero-order valence-corrected chi connectivity index (χ0v) is 11.0. The lowest BCUT2D eigenvalue weighted by Gasteiger charge is -2.24. The fourth-order valence-corrected chi connectivity index (χ4v) is 2.00. The summed E-state index contributed by atoms with van der Waals surface area (Å²) in [7, 11) is 0. The van der Waals surface area contributed by atoms with Gasteiger partial charge in [-0.05, 0) is 51.0 Å². The van der Waals surface area contributed by atoms with Gasteiger partial charge in [-0.3, -0.25) is 4.90 Å². The number of terminal acetylenes is 1. The van der Waals surface area contributed by atoms with E-state index in [2.05, 4.69) is 5.92 Å². The van der Waals surface area contributed by atoms with Gasteiger partial charge in [0.25, 0.3) is 0 Å². The fourth-order valence-electron chi connectivity index (χ4n) is 2.00. The maximum atomic E-state index is 12.0. The summed E-state index contributed by atoms with van der Waals surface area (Å²) < 4.78 is 5.38. The smallest absolute Gasteiger partial charge is 0.414 e. The van der Waals surface area contributed by atoms with Crippen molar-refractivity contribution in [2.75, 3.05) is 11.4 Å². The van der Waals surface area contributed by atoms with Crippen LogP contribution in [0.3, 0.4) is 0 Å². The molecule has 0 bridgehead atoms. The molecule has 0 saturated heterocycles. The molecule has 3 nitrogen and oxygen atoms in total. The summed E-state index contributed by atoms with van der Waals surface area (Å²) in [4.78, 5) is 13.7. The molecule has 2 rings (SSSR count). The summed E-state index contributed by atoms with van der Waals surface area (Å²) >= 11 is 0. The highest BCUT2D eigenvalue weighted by atomic mass is 16.6. The molecule has 94 valence electrons. The van der Waals surface area contributed by atoms with E-state index in [1.807, 2.05) is 39.0 Å². The lowest BCUT2D eigenvalue weighted by molar-refractivity contribution is 0.0584. The Morgan fingerprint density at radius 1 is 1.44 bits per heavy atom. The first kappa shape index (κ1) is 12.5. The van der Waals surface area contributed by atoms with E-state index in [9.17, 15) is 4.79 Å². The van der Waals surface area contributed by atoms with E-state index in [0.717, 1.165) is 23.2 Å². The van der Waals surface area contributed by atoms with Crippen LogP contribution in [0, 0.1) is 12.3 Å². The average molecular weight is 243 g/mol. The van der Waals surface area contributed by atoms with E-state index in [1.54, 1.807) is 4.90 Å². The Labute approximate surface area is 108 Å². The standard InChI is InChI=1S/C15H17NO2/c1-5-11-6-7-13-12(10-11)8-9-16(13)14(17)18-15(2,3)4/h1,6-7,10H,8-9H2,2-4H3. The molecule has 0 radical (unpaired) electrons. The highest BCUT2D eigenvalue weighted by molar-refractivity contribution is 5.90. The van der Waals surface area contributed by atoms with Crippen molar-refractivity contribution in [3.05, 3.63) is 29.3 Å². The number of benzene rings is 1. The molecule has 18 heavy (non-hydrogen) atoms. The Hall–Kier alpha value is -1.95. The molecule has 0 aliphatic carbocycles. The van der Waals surface area contributed by atoms with Gasteiger partial charge in [-0.15, -0.1) is 6.42 Å². The Kier molecular flexibility index (Phi) is 3.04. The van der Waals surface area contributed by atoms with Gasteiger partial charge in [0.2, 0.25) is 0 Å². The second-order valence-electron chi connectivity index (χ2n) is 5.37. The van der Waals surface area contributed by atoms with Crippen molar-refractivity contribution >= 4 is 11.8 Å². The third-order valence-corrected chi connectivity index (χ3v) is 2.76. The number of anilines is 1. The fraction of sp³-hybridized carbons (Fsp3) is 0.400. The Morgan fingerprint density at radius 2 is 2.17 bits per heavy atom. The second kappa shape index (κ2) is 4.38. The predicted molar refractivity (Wildman–Crippen MR) is 71.7 cm³/mol. The molecule has 1 aliphatic rings.